The summed E-state index contributed by atoms with van der Waals surface area (Å²) in [5.74, 6) is 0.640. The molecule has 1 N–H and O–H groups in total. The lowest BCUT2D eigenvalue weighted by Crippen LogP contribution is -2.30. The number of hydrogen-bond donors (Lipinski definition) is 1. The molecule has 0 aliphatic carbocycles. The van der Waals surface area contributed by atoms with Crippen molar-refractivity contribution in [3.8, 4) is 5.75 Å². The van der Waals surface area contributed by atoms with Gasteiger partial charge in [0.05, 0.1) is 25.2 Å². The molecule has 0 unspecified atom stereocenters. The number of methoxy groups -OCH3 is 1. The van der Waals surface area contributed by atoms with Crippen molar-refractivity contribution in [2.75, 3.05) is 46.5 Å². The third-order valence-corrected chi connectivity index (χ3v) is 5.28. The van der Waals surface area contributed by atoms with Crippen molar-refractivity contribution in [2.45, 2.75) is 25.7 Å². The summed E-state index contributed by atoms with van der Waals surface area (Å²) in [6.45, 7) is 10.0. The highest BCUT2D eigenvalue weighted by Crippen LogP contribution is 2.20. The van der Waals surface area contributed by atoms with Gasteiger partial charge >= 0.3 is 0 Å². The summed E-state index contributed by atoms with van der Waals surface area (Å²) in [6.07, 6.45) is 0. The first-order chi connectivity index (χ1) is 10.9. The number of nitrogens with one attached hydrogen (secondary N) is 1. The van der Waals surface area contributed by atoms with E-state index in [1.54, 1.807) is 32.2 Å². The van der Waals surface area contributed by atoms with Gasteiger partial charge in [-0.25, -0.2) is 13.1 Å². The second-order valence-electron chi connectivity index (χ2n) is 5.17. The summed E-state index contributed by atoms with van der Waals surface area (Å²) < 4.78 is 37.7. The zero-order chi connectivity index (χ0) is 17.3. The predicted molar refractivity (Wildman–Crippen MR) is 91.5 cm³/mol. The third-order valence-electron chi connectivity index (χ3n) is 3.66. The van der Waals surface area contributed by atoms with E-state index >= 15 is 0 Å². The van der Waals surface area contributed by atoms with Gasteiger partial charge in [0.2, 0.25) is 10.0 Å². The molecule has 7 heteroatoms. The Hall–Kier alpha value is -1.15. The molecule has 0 saturated heterocycles. The summed E-state index contributed by atoms with van der Waals surface area (Å²) in [5, 5.41) is 0. The number of sulfonamides is 1. The van der Waals surface area contributed by atoms with E-state index in [4.69, 9.17) is 9.47 Å². The number of rotatable bonds is 11. The molecule has 0 fully saturated rings. The van der Waals surface area contributed by atoms with E-state index in [1.807, 2.05) is 0 Å². The fraction of sp³-hybridized carbons (Fsp3) is 0.625. The summed E-state index contributed by atoms with van der Waals surface area (Å²) in [7, 11) is -1.97. The van der Waals surface area contributed by atoms with E-state index in [1.165, 1.54) is 0 Å². The molecule has 0 atom stereocenters. The number of hydrogen-bond acceptors (Lipinski definition) is 5. The summed E-state index contributed by atoms with van der Waals surface area (Å²) in [6, 6.07) is 4.90. The van der Waals surface area contributed by atoms with Crippen LogP contribution < -0.4 is 9.46 Å². The minimum atomic E-state index is -3.52. The lowest BCUT2D eigenvalue weighted by Gasteiger charge is -2.17. The minimum Gasteiger partial charge on any atom is -0.497 e. The maximum atomic E-state index is 12.3. The van der Waals surface area contributed by atoms with Crippen LogP contribution in [0.15, 0.2) is 23.1 Å². The van der Waals surface area contributed by atoms with Crippen LogP contribution in [0.5, 0.6) is 5.75 Å². The highest BCUT2D eigenvalue weighted by molar-refractivity contribution is 7.89. The Morgan fingerprint density at radius 2 is 1.87 bits per heavy atom. The molecule has 1 rings (SSSR count). The molecule has 6 nitrogen and oxygen atoms in total. The molecular formula is C16H28N2O4S. The molecule has 132 valence electrons. The standard InChI is InChI=1S/C16H28N2O4S/c1-5-18(6-2)10-12-22-11-9-17-23(19,20)16-8-7-15(21-4)13-14(16)3/h7-8,13,17H,5-6,9-12H2,1-4H3. The topological polar surface area (TPSA) is 67.9 Å². The highest BCUT2D eigenvalue weighted by Gasteiger charge is 2.16. The zero-order valence-electron chi connectivity index (χ0n) is 14.5. The van der Waals surface area contributed by atoms with E-state index in [-0.39, 0.29) is 11.4 Å². The molecule has 0 heterocycles. The Morgan fingerprint density at radius 3 is 2.43 bits per heavy atom. The molecular weight excluding hydrogens is 316 g/mol. The average molecular weight is 344 g/mol. The van der Waals surface area contributed by atoms with Crippen LogP contribution in [-0.4, -0.2) is 59.8 Å². The van der Waals surface area contributed by atoms with E-state index in [9.17, 15) is 8.42 Å². The highest BCUT2D eigenvalue weighted by atomic mass is 32.2. The normalized spacial score (nSPS) is 11.9. The van der Waals surface area contributed by atoms with Gasteiger partial charge in [-0.1, -0.05) is 13.8 Å². The van der Waals surface area contributed by atoms with Crippen LogP contribution in [0.4, 0.5) is 0 Å². The van der Waals surface area contributed by atoms with Crippen LogP contribution in [-0.2, 0) is 14.8 Å². The number of aryl methyl sites for hydroxylation is 1. The van der Waals surface area contributed by atoms with Gasteiger partial charge in [-0.3, -0.25) is 0 Å². The fourth-order valence-corrected chi connectivity index (χ4v) is 3.45. The second kappa shape index (κ2) is 9.87. The molecule has 0 aliphatic rings. The number of benzene rings is 1. The van der Waals surface area contributed by atoms with Crippen LogP contribution in [0.25, 0.3) is 0 Å². The van der Waals surface area contributed by atoms with Gasteiger partial charge in [0, 0.05) is 13.1 Å². The van der Waals surface area contributed by atoms with Crippen molar-refractivity contribution in [3.63, 3.8) is 0 Å². The fourth-order valence-electron chi connectivity index (χ4n) is 2.21. The van der Waals surface area contributed by atoms with Gasteiger partial charge in [0.1, 0.15) is 5.75 Å². The van der Waals surface area contributed by atoms with Crippen LogP contribution >= 0.6 is 0 Å². The summed E-state index contributed by atoms with van der Waals surface area (Å²) in [5.41, 5.74) is 0.652. The van der Waals surface area contributed by atoms with Crippen LogP contribution in [0.2, 0.25) is 0 Å². The van der Waals surface area contributed by atoms with Crippen LogP contribution in [0.1, 0.15) is 19.4 Å². The summed E-state index contributed by atoms with van der Waals surface area (Å²) in [4.78, 5) is 2.52. The van der Waals surface area contributed by atoms with Crippen molar-refractivity contribution in [2.24, 2.45) is 0 Å². The van der Waals surface area contributed by atoms with Crippen molar-refractivity contribution in [1.82, 2.24) is 9.62 Å². The van der Waals surface area contributed by atoms with Crippen LogP contribution in [0, 0.1) is 6.92 Å². The van der Waals surface area contributed by atoms with E-state index in [0.29, 0.717) is 24.5 Å². The SMILES string of the molecule is CCN(CC)CCOCCNS(=O)(=O)c1ccc(OC)cc1C. The molecule has 0 saturated carbocycles. The van der Waals surface area contributed by atoms with Gasteiger partial charge in [-0.15, -0.1) is 0 Å². The van der Waals surface area contributed by atoms with E-state index < -0.39 is 10.0 Å². The van der Waals surface area contributed by atoms with Crippen molar-refractivity contribution < 1.29 is 17.9 Å². The minimum absolute atomic E-state index is 0.256. The largest absolute Gasteiger partial charge is 0.497 e. The Kier molecular flexibility index (Phi) is 8.54. The summed E-state index contributed by atoms with van der Waals surface area (Å²) >= 11 is 0. The monoisotopic (exact) mass is 344 g/mol. The Labute approximate surface area is 139 Å². The lowest BCUT2D eigenvalue weighted by molar-refractivity contribution is 0.111. The molecule has 0 bridgehead atoms. The van der Waals surface area contributed by atoms with Crippen molar-refractivity contribution >= 4 is 10.0 Å². The molecule has 1 aromatic rings. The molecule has 0 aromatic heterocycles. The average Bonchev–Trinajstić information content (AvgIpc) is 2.53. The second-order valence-corrected chi connectivity index (χ2v) is 6.90. The Bertz CT molecular complexity index is 571. The third kappa shape index (κ3) is 6.47. The Morgan fingerprint density at radius 1 is 1.17 bits per heavy atom. The molecule has 0 radical (unpaired) electrons. The molecule has 0 aliphatic heterocycles. The van der Waals surface area contributed by atoms with Crippen molar-refractivity contribution in [1.29, 1.82) is 0 Å². The first kappa shape index (κ1) is 19.9. The molecule has 0 spiro atoms. The van der Waals surface area contributed by atoms with Gasteiger partial charge in [0.15, 0.2) is 0 Å². The molecule has 1 aromatic carbocycles. The van der Waals surface area contributed by atoms with E-state index in [2.05, 4.69) is 23.5 Å². The maximum Gasteiger partial charge on any atom is 0.240 e. The van der Waals surface area contributed by atoms with Crippen LogP contribution in [0.3, 0.4) is 0 Å². The van der Waals surface area contributed by atoms with Crippen molar-refractivity contribution in [3.05, 3.63) is 23.8 Å². The lowest BCUT2D eigenvalue weighted by atomic mass is 10.2. The van der Waals surface area contributed by atoms with Gasteiger partial charge in [-0.05, 0) is 43.8 Å². The molecule has 23 heavy (non-hydrogen) atoms. The van der Waals surface area contributed by atoms with E-state index in [0.717, 1.165) is 19.6 Å². The Balaban J connectivity index is 2.42. The smallest absolute Gasteiger partial charge is 0.240 e. The number of likely N-dealkylation sites (N-methyl/N-ethyl adjacent to an activating group) is 1. The predicted octanol–water partition coefficient (Wildman–Crippen LogP) is 1.64. The number of ether oxygens (including phenoxy) is 2. The molecule has 0 amide bonds. The first-order valence-corrected chi connectivity index (χ1v) is 9.37. The quantitative estimate of drug-likeness (QED) is 0.618. The van der Waals surface area contributed by atoms with Gasteiger partial charge < -0.3 is 14.4 Å². The first-order valence-electron chi connectivity index (χ1n) is 7.89. The number of nitrogens with zero attached hydrogens (tertiary/aromatic N) is 1. The maximum absolute atomic E-state index is 12.3. The van der Waals surface area contributed by atoms with Gasteiger partial charge in [0.25, 0.3) is 0 Å². The zero-order valence-corrected chi connectivity index (χ0v) is 15.3. The van der Waals surface area contributed by atoms with Gasteiger partial charge in [-0.2, -0.15) is 0 Å².